The van der Waals surface area contributed by atoms with E-state index in [0.29, 0.717) is 29.1 Å². The normalized spacial score (nSPS) is 12.7. The Morgan fingerprint density at radius 3 is 2.70 bits per heavy atom. The van der Waals surface area contributed by atoms with Gasteiger partial charge in [-0.25, -0.2) is 4.98 Å². The van der Waals surface area contributed by atoms with Gasteiger partial charge in [-0.2, -0.15) is 0 Å². The van der Waals surface area contributed by atoms with Gasteiger partial charge in [-0.15, -0.1) is 0 Å². The minimum Gasteiger partial charge on any atom is -0.350 e. The van der Waals surface area contributed by atoms with Crippen LogP contribution in [0.1, 0.15) is 31.3 Å². The third-order valence-corrected chi connectivity index (χ3v) is 3.93. The number of hydrogen-bond donors (Lipinski definition) is 1. The molecule has 1 aromatic heterocycles. The van der Waals surface area contributed by atoms with Gasteiger partial charge in [0.25, 0.3) is 5.91 Å². The zero-order valence-electron chi connectivity index (χ0n) is 12.0. The van der Waals surface area contributed by atoms with Crippen LogP contribution >= 0.6 is 11.6 Å². The van der Waals surface area contributed by atoms with Crippen LogP contribution in [0.2, 0.25) is 5.02 Å². The Bertz CT molecular complexity index is 625. The van der Waals surface area contributed by atoms with Crippen LogP contribution in [0.5, 0.6) is 0 Å². The number of rotatable bonds is 4. The average molecular weight is 291 g/mol. The lowest BCUT2D eigenvalue weighted by Gasteiger charge is -2.16. The third kappa shape index (κ3) is 3.28. The number of carbonyl (C=O) groups is 1. The minimum absolute atomic E-state index is 0.176. The van der Waals surface area contributed by atoms with E-state index >= 15 is 0 Å². The number of nitrogens with zero attached hydrogens (tertiary/aromatic N) is 1. The van der Waals surface area contributed by atoms with Crippen LogP contribution in [0.4, 0.5) is 0 Å². The van der Waals surface area contributed by atoms with Gasteiger partial charge in [0.05, 0.1) is 10.5 Å². The number of pyridine rings is 1. The molecule has 3 nitrogen and oxygen atoms in total. The molecule has 1 unspecified atom stereocenters. The summed E-state index contributed by atoms with van der Waals surface area (Å²) in [6.07, 6.45) is 0. The van der Waals surface area contributed by atoms with E-state index in [-0.39, 0.29) is 5.91 Å². The van der Waals surface area contributed by atoms with Crippen molar-refractivity contribution in [3.63, 3.8) is 0 Å². The highest BCUT2D eigenvalue weighted by Gasteiger charge is 2.13. The molecule has 1 heterocycles. The quantitative estimate of drug-likeness (QED) is 0.927. The Hall–Kier alpha value is -1.61. The van der Waals surface area contributed by atoms with E-state index < -0.39 is 0 Å². The van der Waals surface area contributed by atoms with Crippen molar-refractivity contribution in [1.82, 2.24) is 10.3 Å². The molecule has 0 saturated carbocycles. The predicted octanol–water partition coefficient (Wildman–Crippen LogP) is 3.91. The van der Waals surface area contributed by atoms with Crippen LogP contribution in [0.3, 0.4) is 0 Å². The van der Waals surface area contributed by atoms with Crippen LogP contribution in [0.15, 0.2) is 30.3 Å². The van der Waals surface area contributed by atoms with Crippen LogP contribution in [0.25, 0.3) is 10.9 Å². The highest BCUT2D eigenvalue weighted by Crippen LogP contribution is 2.22. The molecule has 1 atom stereocenters. The fourth-order valence-electron chi connectivity index (χ4n) is 1.83. The second-order valence-electron chi connectivity index (χ2n) is 5.44. The number of aromatic nitrogens is 1. The summed E-state index contributed by atoms with van der Waals surface area (Å²) in [6, 6.07) is 9.16. The van der Waals surface area contributed by atoms with E-state index in [4.69, 9.17) is 11.6 Å². The van der Waals surface area contributed by atoms with Gasteiger partial charge in [-0.1, -0.05) is 50.6 Å². The molecule has 1 aromatic carbocycles. The smallest absolute Gasteiger partial charge is 0.269 e. The monoisotopic (exact) mass is 290 g/mol. The van der Waals surface area contributed by atoms with Crippen molar-refractivity contribution in [2.75, 3.05) is 6.54 Å². The summed E-state index contributed by atoms with van der Waals surface area (Å²) >= 11 is 6.20. The lowest BCUT2D eigenvalue weighted by atomic mass is 9.98. The number of benzene rings is 1. The number of carbonyl (C=O) groups excluding carboxylic acids is 1. The largest absolute Gasteiger partial charge is 0.350 e. The van der Waals surface area contributed by atoms with E-state index in [1.165, 1.54) is 0 Å². The fourth-order valence-corrected chi connectivity index (χ4v) is 2.09. The Morgan fingerprint density at radius 1 is 1.30 bits per heavy atom. The molecule has 0 bridgehead atoms. The number of para-hydroxylation sites is 1. The zero-order valence-corrected chi connectivity index (χ0v) is 12.7. The molecule has 2 rings (SSSR count). The molecule has 106 valence electrons. The third-order valence-electron chi connectivity index (χ3n) is 3.62. The first-order valence-electron chi connectivity index (χ1n) is 6.82. The maximum atomic E-state index is 12.1. The van der Waals surface area contributed by atoms with Gasteiger partial charge in [0.2, 0.25) is 0 Å². The van der Waals surface area contributed by atoms with E-state index in [9.17, 15) is 4.79 Å². The van der Waals surface area contributed by atoms with Gasteiger partial charge >= 0.3 is 0 Å². The first kappa shape index (κ1) is 14.8. The van der Waals surface area contributed by atoms with Crippen molar-refractivity contribution in [2.45, 2.75) is 20.8 Å². The second-order valence-corrected chi connectivity index (χ2v) is 5.84. The summed E-state index contributed by atoms with van der Waals surface area (Å²) in [5, 5.41) is 4.33. The van der Waals surface area contributed by atoms with Crippen LogP contribution in [-0.4, -0.2) is 17.4 Å². The first-order chi connectivity index (χ1) is 9.49. The summed E-state index contributed by atoms with van der Waals surface area (Å²) in [7, 11) is 0. The number of halogens is 1. The Kier molecular flexibility index (Phi) is 4.61. The number of nitrogens with one attached hydrogen (secondary N) is 1. The molecule has 0 aliphatic rings. The van der Waals surface area contributed by atoms with Crippen LogP contribution in [0, 0.1) is 11.8 Å². The Morgan fingerprint density at radius 2 is 2.00 bits per heavy atom. The standard InChI is InChI=1S/C16H19ClN2O/c1-10(2)11(3)9-18-16(20)15-8-13(17)12-6-4-5-7-14(12)19-15/h4-8,10-11H,9H2,1-3H3,(H,18,20). The molecule has 2 aromatic rings. The lowest BCUT2D eigenvalue weighted by molar-refractivity contribution is 0.0940. The van der Waals surface area contributed by atoms with Crippen molar-refractivity contribution in [3.05, 3.63) is 41.0 Å². The minimum atomic E-state index is -0.176. The molecule has 1 amide bonds. The van der Waals surface area contributed by atoms with Crippen molar-refractivity contribution >= 4 is 28.4 Å². The predicted molar refractivity (Wildman–Crippen MR) is 83.1 cm³/mol. The van der Waals surface area contributed by atoms with Crippen molar-refractivity contribution in [3.8, 4) is 0 Å². The molecular formula is C16H19ClN2O. The van der Waals surface area contributed by atoms with Crippen LogP contribution in [-0.2, 0) is 0 Å². The van der Waals surface area contributed by atoms with Gasteiger partial charge in [0.15, 0.2) is 0 Å². The topological polar surface area (TPSA) is 42.0 Å². The Labute approximate surface area is 124 Å². The van der Waals surface area contributed by atoms with Crippen molar-refractivity contribution in [2.24, 2.45) is 11.8 Å². The number of fused-ring (bicyclic) bond motifs is 1. The summed E-state index contributed by atoms with van der Waals surface area (Å²) in [5.41, 5.74) is 1.10. The van der Waals surface area contributed by atoms with E-state index in [1.54, 1.807) is 6.07 Å². The SMILES string of the molecule is CC(C)C(C)CNC(=O)c1cc(Cl)c2ccccc2n1. The number of hydrogen-bond acceptors (Lipinski definition) is 2. The molecule has 20 heavy (non-hydrogen) atoms. The lowest BCUT2D eigenvalue weighted by Crippen LogP contribution is -2.30. The molecule has 4 heteroatoms. The Balaban J connectivity index is 2.18. The second kappa shape index (κ2) is 6.23. The molecule has 0 spiro atoms. The zero-order chi connectivity index (χ0) is 14.7. The molecule has 0 fully saturated rings. The maximum absolute atomic E-state index is 12.1. The van der Waals surface area contributed by atoms with E-state index in [2.05, 4.69) is 31.1 Å². The van der Waals surface area contributed by atoms with Crippen molar-refractivity contribution in [1.29, 1.82) is 0 Å². The maximum Gasteiger partial charge on any atom is 0.269 e. The molecule has 0 aliphatic carbocycles. The molecular weight excluding hydrogens is 272 g/mol. The van der Waals surface area contributed by atoms with E-state index in [1.807, 2.05) is 24.3 Å². The van der Waals surface area contributed by atoms with Gasteiger partial charge in [0.1, 0.15) is 5.69 Å². The van der Waals surface area contributed by atoms with Crippen LogP contribution < -0.4 is 5.32 Å². The highest BCUT2D eigenvalue weighted by molar-refractivity contribution is 6.35. The number of amides is 1. The summed E-state index contributed by atoms with van der Waals surface area (Å²) in [6.45, 7) is 7.04. The van der Waals surface area contributed by atoms with Gasteiger partial charge in [-0.3, -0.25) is 4.79 Å². The molecule has 0 radical (unpaired) electrons. The summed E-state index contributed by atoms with van der Waals surface area (Å²) in [4.78, 5) is 16.5. The highest BCUT2D eigenvalue weighted by atomic mass is 35.5. The average Bonchev–Trinajstić information content (AvgIpc) is 2.44. The molecule has 0 saturated heterocycles. The molecule has 0 aliphatic heterocycles. The van der Waals surface area contributed by atoms with E-state index in [0.717, 1.165) is 10.9 Å². The fraction of sp³-hybridized carbons (Fsp3) is 0.375. The van der Waals surface area contributed by atoms with Gasteiger partial charge in [-0.05, 0) is 24.0 Å². The van der Waals surface area contributed by atoms with Gasteiger partial charge in [0, 0.05) is 11.9 Å². The first-order valence-corrected chi connectivity index (χ1v) is 7.20. The summed E-state index contributed by atoms with van der Waals surface area (Å²) < 4.78 is 0. The molecule has 1 N–H and O–H groups in total. The van der Waals surface area contributed by atoms with Gasteiger partial charge < -0.3 is 5.32 Å². The van der Waals surface area contributed by atoms with Crippen molar-refractivity contribution < 1.29 is 4.79 Å². The summed E-state index contributed by atoms with van der Waals surface area (Å²) in [5.74, 6) is 0.781.